The van der Waals surface area contributed by atoms with E-state index in [4.69, 9.17) is 0 Å². The van der Waals surface area contributed by atoms with Crippen LogP contribution in [0.15, 0.2) is 18.2 Å². The molecule has 0 aromatic heterocycles. The van der Waals surface area contributed by atoms with Crippen molar-refractivity contribution in [2.24, 2.45) is 0 Å². The summed E-state index contributed by atoms with van der Waals surface area (Å²) >= 11 is 0. The van der Waals surface area contributed by atoms with E-state index >= 15 is 0 Å². The summed E-state index contributed by atoms with van der Waals surface area (Å²) in [4.78, 5) is 12.3. The number of benzene rings is 1. The number of rotatable bonds is 6. The minimum absolute atomic E-state index is 0.151. The summed E-state index contributed by atoms with van der Waals surface area (Å²) < 4.78 is 0. The van der Waals surface area contributed by atoms with E-state index in [0.29, 0.717) is 12.5 Å². The van der Waals surface area contributed by atoms with E-state index in [1.807, 2.05) is 0 Å². The van der Waals surface area contributed by atoms with Crippen LogP contribution in [0, 0.1) is 0 Å². The zero-order valence-electron chi connectivity index (χ0n) is 13.4. The number of para-hydroxylation sites is 1. The van der Waals surface area contributed by atoms with Crippen molar-refractivity contribution < 1.29 is 4.79 Å². The van der Waals surface area contributed by atoms with E-state index in [-0.39, 0.29) is 5.91 Å². The fourth-order valence-electron chi connectivity index (χ4n) is 3.08. The molecular formula is C18H28N2O. The minimum Gasteiger partial charge on any atom is -0.326 e. The van der Waals surface area contributed by atoms with E-state index in [0.717, 1.165) is 31.5 Å². The molecule has 116 valence electrons. The predicted molar refractivity (Wildman–Crippen MR) is 88.7 cm³/mol. The first-order valence-corrected chi connectivity index (χ1v) is 8.38. The Morgan fingerprint density at radius 1 is 1.24 bits per heavy atom. The lowest BCUT2D eigenvalue weighted by Gasteiger charge is -2.23. The van der Waals surface area contributed by atoms with Gasteiger partial charge in [-0.05, 0) is 49.8 Å². The molecule has 0 saturated carbocycles. The summed E-state index contributed by atoms with van der Waals surface area (Å²) in [6, 6.07) is 6.82. The number of hydrogen-bond acceptors (Lipinski definition) is 2. The molecule has 1 saturated heterocycles. The number of carbonyl (C=O) groups excluding carboxylic acids is 1. The van der Waals surface area contributed by atoms with Crippen LogP contribution in [0.1, 0.15) is 57.1 Å². The molecule has 1 aromatic carbocycles. The minimum atomic E-state index is 0.151. The Morgan fingerprint density at radius 2 is 1.95 bits per heavy atom. The zero-order valence-corrected chi connectivity index (χ0v) is 13.4. The number of piperidine rings is 1. The van der Waals surface area contributed by atoms with E-state index in [9.17, 15) is 4.79 Å². The summed E-state index contributed by atoms with van der Waals surface area (Å²) in [5, 5.41) is 6.66. The molecule has 0 aliphatic carbocycles. The number of carbonyl (C=O) groups is 1. The van der Waals surface area contributed by atoms with Crippen molar-refractivity contribution in [1.29, 1.82) is 0 Å². The number of amides is 1. The van der Waals surface area contributed by atoms with Gasteiger partial charge >= 0.3 is 0 Å². The quantitative estimate of drug-likeness (QED) is 0.838. The van der Waals surface area contributed by atoms with Crippen LogP contribution in [0.25, 0.3) is 0 Å². The van der Waals surface area contributed by atoms with Crippen molar-refractivity contribution in [3.63, 3.8) is 0 Å². The lowest BCUT2D eigenvalue weighted by Crippen LogP contribution is -2.34. The van der Waals surface area contributed by atoms with Crippen molar-refractivity contribution in [2.45, 2.75) is 64.8 Å². The number of nitrogens with one attached hydrogen (secondary N) is 2. The number of aryl methyl sites for hydroxylation is 2. The molecule has 1 atom stereocenters. The average Bonchev–Trinajstić information content (AvgIpc) is 2.54. The van der Waals surface area contributed by atoms with E-state index in [1.165, 1.54) is 30.4 Å². The molecule has 1 aromatic rings. The first-order chi connectivity index (χ1) is 10.2. The Labute approximate surface area is 128 Å². The molecule has 3 heteroatoms. The highest BCUT2D eigenvalue weighted by molar-refractivity contribution is 5.92. The molecule has 1 aliphatic heterocycles. The third-order valence-corrected chi connectivity index (χ3v) is 4.40. The van der Waals surface area contributed by atoms with E-state index in [1.54, 1.807) is 0 Å². The van der Waals surface area contributed by atoms with E-state index < -0.39 is 0 Å². The second kappa shape index (κ2) is 8.18. The van der Waals surface area contributed by atoms with Gasteiger partial charge in [-0.25, -0.2) is 0 Å². The maximum atomic E-state index is 12.3. The zero-order chi connectivity index (χ0) is 15.1. The van der Waals surface area contributed by atoms with Crippen LogP contribution >= 0.6 is 0 Å². The number of hydrogen-bond donors (Lipinski definition) is 2. The standard InChI is InChI=1S/C18H28N2O/c1-3-14-8-7-9-15(4-2)18(14)20-17(21)12-11-16-10-5-6-13-19-16/h7-9,16,19H,3-6,10-13H2,1-2H3,(H,20,21). The van der Waals surface area contributed by atoms with Crippen LogP contribution in [0.2, 0.25) is 0 Å². The Hall–Kier alpha value is -1.35. The first kappa shape index (κ1) is 16.0. The Balaban J connectivity index is 1.92. The molecule has 0 bridgehead atoms. The highest BCUT2D eigenvalue weighted by atomic mass is 16.1. The van der Waals surface area contributed by atoms with Gasteiger partial charge in [0.1, 0.15) is 0 Å². The van der Waals surface area contributed by atoms with Crippen LogP contribution < -0.4 is 10.6 Å². The fourth-order valence-corrected chi connectivity index (χ4v) is 3.08. The van der Waals surface area contributed by atoms with Crippen LogP contribution in [-0.2, 0) is 17.6 Å². The molecule has 2 rings (SSSR count). The van der Waals surface area contributed by atoms with Crippen LogP contribution in [0.5, 0.6) is 0 Å². The maximum absolute atomic E-state index is 12.3. The Morgan fingerprint density at radius 3 is 2.52 bits per heavy atom. The van der Waals surface area contributed by atoms with E-state index in [2.05, 4.69) is 42.7 Å². The molecule has 21 heavy (non-hydrogen) atoms. The summed E-state index contributed by atoms with van der Waals surface area (Å²) in [5.74, 6) is 0.151. The van der Waals surface area contributed by atoms with Crippen molar-refractivity contribution in [3.05, 3.63) is 29.3 Å². The van der Waals surface area contributed by atoms with Crippen LogP contribution in [-0.4, -0.2) is 18.5 Å². The Bertz CT molecular complexity index is 442. The monoisotopic (exact) mass is 288 g/mol. The second-order valence-electron chi connectivity index (χ2n) is 5.89. The molecule has 1 amide bonds. The van der Waals surface area contributed by atoms with Crippen molar-refractivity contribution in [2.75, 3.05) is 11.9 Å². The topological polar surface area (TPSA) is 41.1 Å². The van der Waals surface area contributed by atoms with Gasteiger partial charge in [0.05, 0.1) is 0 Å². The molecule has 1 fully saturated rings. The largest absolute Gasteiger partial charge is 0.326 e. The molecule has 0 radical (unpaired) electrons. The lowest BCUT2D eigenvalue weighted by atomic mass is 10.00. The van der Waals surface area contributed by atoms with Gasteiger partial charge in [0.15, 0.2) is 0 Å². The van der Waals surface area contributed by atoms with Crippen molar-refractivity contribution >= 4 is 11.6 Å². The van der Waals surface area contributed by atoms with Crippen LogP contribution in [0.4, 0.5) is 5.69 Å². The van der Waals surface area contributed by atoms with Crippen LogP contribution in [0.3, 0.4) is 0 Å². The average molecular weight is 288 g/mol. The molecule has 1 aliphatic rings. The molecular weight excluding hydrogens is 260 g/mol. The van der Waals surface area contributed by atoms with Gasteiger partial charge in [-0.2, -0.15) is 0 Å². The molecule has 1 unspecified atom stereocenters. The normalized spacial score (nSPS) is 18.5. The van der Waals surface area contributed by atoms with Crippen molar-refractivity contribution in [1.82, 2.24) is 5.32 Å². The summed E-state index contributed by atoms with van der Waals surface area (Å²) in [5.41, 5.74) is 3.51. The molecule has 2 N–H and O–H groups in total. The fraction of sp³-hybridized carbons (Fsp3) is 0.611. The predicted octanol–water partition coefficient (Wildman–Crippen LogP) is 3.67. The van der Waals surface area contributed by atoms with Gasteiger partial charge in [0.25, 0.3) is 0 Å². The van der Waals surface area contributed by atoms with Gasteiger partial charge in [0, 0.05) is 18.2 Å². The molecule has 3 nitrogen and oxygen atoms in total. The third-order valence-electron chi connectivity index (χ3n) is 4.40. The van der Waals surface area contributed by atoms with Gasteiger partial charge in [-0.3, -0.25) is 4.79 Å². The smallest absolute Gasteiger partial charge is 0.224 e. The highest BCUT2D eigenvalue weighted by Gasteiger charge is 2.15. The second-order valence-corrected chi connectivity index (χ2v) is 5.89. The summed E-state index contributed by atoms with van der Waals surface area (Å²) in [6.07, 6.45) is 7.23. The molecule has 0 spiro atoms. The SMILES string of the molecule is CCc1cccc(CC)c1NC(=O)CCC1CCCCN1. The summed E-state index contributed by atoms with van der Waals surface area (Å²) in [6.45, 7) is 5.37. The van der Waals surface area contributed by atoms with Gasteiger partial charge in [-0.15, -0.1) is 0 Å². The Kier molecular flexibility index (Phi) is 6.24. The number of anilines is 1. The lowest BCUT2D eigenvalue weighted by molar-refractivity contribution is -0.116. The third kappa shape index (κ3) is 4.57. The van der Waals surface area contributed by atoms with Gasteiger partial charge in [-0.1, -0.05) is 38.5 Å². The first-order valence-electron chi connectivity index (χ1n) is 8.38. The highest BCUT2D eigenvalue weighted by Crippen LogP contribution is 2.23. The van der Waals surface area contributed by atoms with Crippen molar-refractivity contribution in [3.8, 4) is 0 Å². The molecule has 1 heterocycles. The van der Waals surface area contributed by atoms with Gasteiger partial charge in [0.2, 0.25) is 5.91 Å². The summed E-state index contributed by atoms with van der Waals surface area (Å²) in [7, 11) is 0. The van der Waals surface area contributed by atoms with Gasteiger partial charge < -0.3 is 10.6 Å². The maximum Gasteiger partial charge on any atom is 0.224 e.